The lowest BCUT2D eigenvalue weighted by Gasteiger charge is -2.23. The minimum absolute atomic E-state index is 0.000840. The Morgan fingerprint density at radius 1 is 0.848 bits per heavy atom. The Morgan fingerprint density at radius 2 is 1.52 bits per heavy atom. The second-order valence-corrected chi connectivity index (χ2v) is 10.3. The van der Waals surface area contributed by atoms with Gasteiger partial charge in [0.2, 0.25) is 10.0 Å². The van der Waals surface area contributed by atoms with Crippen LogP contribution in [0.4, 0.5) is 4.39 Å². The van der Waals surface area contributed by atoms with Gasteiger partial charge in [-0.15, -0.1) is 0 Å². The zero-order valence-corrected chi connectivity index (χ0v) is 19.5. The summed E-state index contributed by atoms with van der Waals surface area (Å²) in [6, 6.07) is 17.9. The highest BCUT2D eigenvalue weighted by Crippen LogP contribution is 2.23. The van der Waals surface area contributed by atoms with E-state index in [9.17, 15) is 17.6 Å². The van der Waals surface area contributed by atoms with Crippen LogP contribution < -0.4 is 5.56 Å². The number of aryl methyl sites for hydroxylation is 3. The first kappa shape index (κ1) is 22.9. The van der Waals surface area contributed by atoms with Crippen LogP contribution in [-0.4, -0.2) is 17.7 Å². The molecule has 4 aromatic rings. The number of sulfonamides is 1. The molecule has 0 spiro atoms. The normalized spacial score (nSPS) is 11.9. The molecule has 0 aliphatic carbocycles. The van der Waals surface area contributed by atoms with Crippen molar-refractivity contribution in [1.29, 1.82) is 0 Å². The zero-order chi connectivity index (χ0) is 23.8. The van der Waals surface area contributed by atoms with E-state index in [4.69, 9.17) is 0 Å². The Kier molecular flexibility index (Phi) is 6.19. The molecule has 1 heterocycles. The van der Waals surface area contributed by atoms with Crippen LogP contribution in [0.2, 0.25) is 0 Å². The maximum atomic E-state index is 13.5. The van der Waals surface area contributed by atoms with Crippen molar-refractivity contribution in [3.05, 3.63) is 111 Å². The maximum Gasteiger partial charge on any atom is 0.252 e. The molecule has 0 saturated carbocycles. The minimum Gasteiger partial charge on any atom is -0.322 e. The molecule has 170 valence electrons. The van der Waals surface area contributed by atoms with E-state index >= 15 is 0 Å². The summed E-state index contributed by atoms with van der Waals surface area (Å²) in [6.07, 6.45) is 0. The van der Waals surface area contributed by atoms with Gasteiger partial charge in [0.25, 0.3) is 5.56 Å². The topological polar surface area (TPSA) is 70.2 Å². The van der Waals surface area contributed by atoms with Crippen LogP contribution in [-0.2, 0) is 23.1 Å². The Balaban J connectivity index is 1.79. The lowest BCUT2D eigenvalue weighted by atomic mass is 10.0. The van der Waals surface area contributed by atoms with E-state index in [1.54, 1.807) is 42.5 Å². The summed E-state index contributed by atoms with van der Waals surface area (Å²) in [5.74, 6) is -0.400. The molecule has 3 aromatic carbocycles. The Bertz CT molecular complexity index is 1480. The molecule has 7 heteroatoms. The first-order valence-electron chi connectivity index (χ1n) is 10.6. The number of H-pyrrole nitrogens is 1. The van der Waals surface area contributed by atoms with Crippen molar-refractivity contribution >= 4 is 20.9 Å². The molecule has 0 fully saturated rings. The van der Waals surface area contributed by atoms with Gasteiger partial charge in [-0.2, -0.15) is 4.31 Å². The second kappa shape index (κ2) is 8.92. The number of hydrogen-bond acceptors (Lipinski definition) is 3. The molecule has 0 bridgehead atoms. The van der Waals surface area contributed by atoms with Crippen LogP contribution in [0.1, 0.15) is 27.8 Å². The number of pyridine rings is 1. The van der Waals surface area contributed by atoms with E-state index in [-0.39, 0.29) is 23.5 Å². The van der Waals surface area contributed by atoms with E-state index in [1.807, 2.05) is 32.9 Å². The average molecular weight is 465 g/mol. The van der Waals surface area contributed by atoms with Gasteiger partial charge < -0.3 is 4.98 Å². The highest BCUT2D eigenvalue weighted by molar-refractivity contribution is 7.89. The molecular weight excluding hydrogens is 439 g/mol. The van der Waals surface area contributed by atoms with Crippen molar-refractivity contribution in [3.8, 4) is 0 Å². The standard InChI is InChI=1S/C26H25FN2O3S/c1-17-4-10-23(11-5-17)33(31,32)29(15-20-6-8-22(27)9-7-20)16-21-14-24-19(3)12-18(2)13-25(24)28-26(21)30/h4-14H,15-16H2,1-3H3,(H,28,30). The van der Waals surface area contributed by atoms with Crippen LogP contribution in [0.3, 0.4) is 0 Å². The molecule has 1 N–H and O–H groups in total. The SMILES string of the molecule is Cc1ccc(S(=O)(=O)N(Cc2ccc(F)cc2)Cc2cc3c(C)cc(C)cc3[nH]c2=O)cc1. The average Bonchev–Trinajstić information content (AvgIpc) is 2.75. The van der Waals surface area contributed by atoms with Crippen LogP contribution in [0.5, 0.6) is 0 Å². The van der Waals surface area contributed by atoms with Gasteiger partial charge in [-0.05, 0) is 73.9 Å². The molecule has 0 amide bonds. The van der Waals surface area contributed by atoms with Crippen molar-refractivity contribution in [2.75, 3.05) is 0 Å². The summed E-state index contributed by atoms with van der Waals surface area (Å²) in [5.41, 5.74) is 4.31. The maximum absolute atomic E-state index is 13.5. The fourth-order valence-corrected chi connectivity index (χ4v) is 5.31. The number of halogens is 1. The van der Waals surface area contributed by atoms with Crippen molar-refractivity contribution in [1.82, 2.24) is 9.29 Å². The molecule has 0 unspecified atom stereocenters. The van der Waals surface area contributed by atoms with Crippen molar-refractivity contribution < 1.29 is 12.8 Å². The molecule has 0 atom stereocenters. The highest BCUT2D eigenvalue weighted by atomic mass is 32.2. The molecule has 4 rings (SSSR count). The van der Waals surface area contributed by atoms with Crippen LogP contribution in [0, 0.1) is 26.6 Å². The molecule has 33 heavy (non-hydrogen) atoms. The van der Waals surface area contributed by atoms with Crippen molar-refractivity contribution in [2.24, 2.45) is 0 Å². The molecule has 0 aliphatic rings. The molecular formula is C26H25FN2O3S. The smallest absolute Gasteiger partial charge is 0.252 e. The summed E-state index contributed by atoms with van der Waals surface area (Å²) < 4.78 is 41.7. The molecule has 5 nitrogen and oxygen atoms in total. The van der Waals surface area contributed by atoms with Gasteiger partial charge in [0.05, 0.1) is 4.90 Å². The van der Waals surface area contributed by atoms with Gasteiger partial charge in [0.1, 0.15) is 5.82 Å². The Morgan fingerprint density at radius 3 is 2.18 bits per heavy atom. The van der Waals surface area contributed by atoms with Crippen LogP contribution >= 0.6 is 0 Å². The van der Waals surface area contributed by atoms with Gasteiger partial charge in [-0.1, -0.05) is 35.9 Å². The Labute approximate surface area is 192 Å². The second-order valence-electron chi connectivity index (χ2n) is 8.38. The van der Waals surface area contributed by atoms with Gasteiger partial charge in [-0.25, -0.2) is 12.8 Å². The number of nitrogens with zero attached hydrogens (tertiary/aromatic N) is 1. The van der Waals surface area contributed by atoms with E-state index in [0.717, 1.165) is 22.1 Å². The van der Waals surface area contributed by atoms with E-state index in [1.165, 1.54) is 16.4 Å². The number of benzene rings is 3. The van der Waals surface area contributed by atoms with Gasteiger partial charge in [0.15, 0.2) is 0 Å². The van der Waals surface area contributed by atoms with E-state index < -0.39 is 15.8 Å². The number of hydrogen-bond donors (Lipinski definition) is 1. The summed E-state index contributed by atoms with van der Waals surface area (Å²) in [4.78, 5) is 15.9. The summed E-state index contributed by atoms with van der Waals surface area (Å²) >= 11 is 0. The molecule has 0 aliphatic heterocycles. The zero-order valence-electron chi connectivity index (χ0n) is 18.7. The number of fused-ring (bicyclic) bond motifs is 1. The van der Waals surface area contributed by atoms with Gasteiger partial charge in [0, 0.05) is 29.6 Å². The third-order valence-electron chi connectivity index (χ3n) is 5.67. The summed E-state index contributed by atoms with van der Waals surface area (Å²) in [6.45, 7) is 5.67. The first-order valence-corrected chi connectivity index (χ1v) is 12.0. The van der Waals surface area contributed by atoms with Crippen LogP contribution in [0.25, 0.3) is 10.9 Å². The third kappa shape index (κ3) is 4.89. The van der Waals surface area contributed by atoms with E-state index in [2.05, 4.69) is 4.98 Å². The fraction of sp³-hybridized carbons (Fsp3) is 0.192. The number of nitrogens with one attached hydrogen (secondary N) is 1. The first-order chi connectivity index (χ1) is 15.6. The lowest BCUT2D eigenvalue weighted by Crippen LogP contribution is -2.32. The van der Waals surface area contributed by atoms with Gasteiger partial charge >= 0.3 is 0 Å². The number of aromatic amines is 1. The van der Waals surface area contributed by atoms with Crippen molar-refractivity contribution in [3.63, 3.8) is 0 Å². The van der Waals surface area contributed by atoms with Crippen molar-refractivity contribution in [2.45, 2.75) is 38.8 Å². The predicted molar refractivity (Wildman–Crippen MR) is 128 cm³/mol. The van der Waals surface area contributed by atoms with Crippen LogP contribution in [0.15, 0.2) is 76.4 Å². The molecule has 1 aromatic heterocycles. The van der Waals surface area contributed by atoms with E-state index in [0.29, 0.717) is 16.6 Å². The number of aromatic nitrogens is 1. The van der Waals surface area contributed by atoms with Gasteiger partial charge in [-0.3, -0.25) is 4.79 Å². The Hall–Kier alpha value is -3.29. The molecule has 0 saturated heterocycles. The highest BCUT2D eigenvalue weighted by Gasteiger charge is 2.26. The predicted octanol–water partition coefficient (Wildman–Crippen LogP) is 4.98. The largest absolute Gasteiger partial charge is 0.322 e. The summed E-state index contributed by atoms with van der Waals surface area (Å²) in [5, 5.41) is 0.865. The molecule has 0 radical (unpaired) electrons. The minimum atomic E-state index is -3.92. The number of rotatable bonds is 6. The third-order valence-corrected chi connectivity index (χ3v) is 7.47. The fourth-order valence-electron chi connectivity index (χ4n) is 3.90. The summed E-state index contributed by atoms with van der Waals surface area (Å²) in [7, 11) is -3.92. The lowest BCUT2D eigenvalue weighted by molar-refractivity contribution is 0.399. The monoisotopic (exact) mass is 464 g/mol. The quantitative estimate of drug-likeness (QED) is 0.437.